The van der Waals surface area contributed by atoms with E-state index in [1.165, 1.54) is 19.4 Å². The minimum absolute atomic E-state index is 0. The first-order valence-corrected chi connectivity index (χ1v) is 9.57. The number of ether oxygens (including phenoxy) is 2. The Labute approximate surface area is 178 Å². The lowest BCUT2D eigenvalue weighted by Crippen LogP contribution is -2.59. The third kappa shape index (κ3) is 5.81. The Balaban J connectivity index is 0.00000300. The zero-order valence-corrected chi connectivity index (χ0v) is 17.9. The smallest absolute Gasteiger partial charge is 0.303 e. The van der Waals surface area contributed by atoms with Crippen LogP contribution in [0.4, 0.5) is 0 Å². The number of piperidine rings is 1. The van der Waals surface area contributed by atoms with Crippen molar-refractivity contribution in [2.24, 2.45) is 0 Å². The summed E-state index contributed by atoms with van der Waals surface area (Å²) in [5.74, 6) is -0.746. The highest BCUT2D eigenvalue weighted by Gasteiger charge is 2.48. The van der Waals surface area contributed by atoms with Crippen molar-refractivity contribution in [3.63, 3.8) is 0 Å². The lowest BCUT2D eigenvalue weighted by atomic mass is 9.83. The molecule has 1 aliphatic heterocycles. The first-order valence-electron chi connectivity index (χ1n) is 9.57. The first-order chi connectivity index (χ1) is 13.4. The summed E-state index contributed by atoms with van der Waals surface area (Å²) in [5.41, 5.74) is 1.43. The molecule has 1 saturated heterocycles. The zero-order chi connectivity index (χ0) is 20.1. The summed E-state index contributed by atoms with van der Waals surface area (Å²) < 4.78 is 11.3. The van der Waals surface area contributed by atoms with Crippen molar-refractivity contribution in [1.82, 2.24) is 4.90 Å². The van der Waals surface area contributed by atoms with Crippen molar-refractivity contribution in [2.45, 2.75) is 51.5 Å². The summed E-state index contributed by atoms with van der Waals surface area (Å²) in [7, 11) is 0. The van der Waals surface area contributed by atoms with Crippen LogP contribution >= 0.6 is 12.4 Å². The Kier molecular flexibility index (Phi) is 7.82. The molecule has 2 aromatic carbocycles. The molecular weight excluding hydrogens is 390 g/mol. The first kappa shape index (κ1) is 22.9. The maximum atomic E-state index is 11.8. The number of nitrogens with zero attached hydrogens (tertiary/aromatic N) is 1. The largest absolute Gasteiger partial charge is 0.458 e. The molecular formula is C23H28ClNO4. The monoisotopic (exact) mass is 417 g/mol. The molecule has 2 aromatic rings. The molecule has 0 spiro atoms. The Morgan fingerprint density at radius 1 is 1.00 bits per heavy atom. The molecule has 0 amide bonds. The summed E-state index contributed by atoms with van der Waals surface area (Å²) in [5, 5.41) is 0. The minimum Gasteiger partial charge on any atom is -0.458 e. The Morgan fingerprint density at radius 3 is 2.14 bits per heavy atom. The highest BCUT2D eigenvalue weighted by atomic mass is 35.5. The van der Waals surface area contributed by atoms with Crippen LogP contribution in [0.25, 0.3) is 0 Å². The molecule has 0 saturated carbocycles. The van der Waals surface area contributed by atoms with E-state index in [1.807, 2.05) is 43.3 Å². The van der Waals surface area contributed by atoms with Crippen LogP contribution in [0, 0.1) is 0 Å². The summed E-state index contributed by atoms with van der Waals surface area (Å²) in [6.45, 7) is 5.81. The second-order valence-corrected chi connectivity index (χ2v) is 7.56. The van der Waals surface area contributed by atoms with Crippen molar-refractivity contribution in [3.8, 4) is 0 Å². The van der Waals surface area contributed by atoms with Crippen LogP contribution in [0.3, 0.4) is 0 Å². The van der Waals surface area contributed by atoms with E-state index in [9.17, 15) is 9.59 Å². The lowest BCUT2D eigenvalue weighted by molar-refractivity contribution is -0.198. The molecule has 1 fully saturated rings. The van der Waals surface area contributed by atoms with Crippen LogP contribution in [0.5, 0.6) is 0 Å². The van der Waals surface area contributed by atoms with E-state index >= 15 is 0 Å². The Morgan fingerprint density at radius 2 is 1.59 bits per heavy atom. The van der Waals surface area contributed by atoms with Gasteiger partial charge in [-0.15, -0.1) is 12.4 Å². The molecule has 5 nitrogen and oxygen atoms in total. The third-order valence-electron chi connectivity index (χ3n) is 5.17. The molecule has 3 atom stereocenters. The van der Waals surface area contributed by atoms with E-state index in [0.29, 0.717) is 19.5 Å². The van der Waals surface area contributed by atoms with E-state index in [4.69, 9.17) is 9.47 Å². The molecule has 0 aromatic heterocycles. The van der Waals surface area contributed by atoms with Crippen molar-refractivity contribution in [2.75, 3.05) is 6.54 Å². The normalized spacial score (nSPS) is 24.2. The summed E-state index contributed by atoms with van der Waals surface area (Å²) in [4.78, 5) is 25.8. The number of carbonyl (C=O) groups excluding carboxylic acids is 2. The van der Waals surface area contributed by atoms with Gasteiger partial charge < -0.3 is 9.47 Å². The van der Waals surface area contributed by atoms with Gasteiger partial charge in [-0.05, 0) is 18.1 Å². The van der Waals surface area contributed by atoms with E-state index in [-0.39, 0.29) is 30.4 Å². The third-order valence-corrected chi connectivity index (χ3v) is 5.17. The van der Waals surface area contributed by atoms with Crippen molar-refractivity contribution in [1.29, 1.82) is 0 Å². The van der Waals surface area contributed by atoms with Crippen molar-refractivity contribution in [3.05, 3.63) is 71.8 Å². The van der Waals surface area contributed by atoms with Crippen LogP contribution in [0.2, 0.25) is 0 Å². The molecule has 0 radical (unpaired) electrons. The SMILES string of the molecule is CC(=O)O[C@@H]1C[C@H](c2ccccc2)N(Cc2ccccc2)C[C@@]1(C)OC(C)=O.Cl. The average molecular weight is 418 g/mol. The molecule has 156 valence electrons. The quantitative estimate of drug-likeness (QED) is 0.678. The molecule has 0 N–H and O–H groups in total. The van der Waals surface area contributed by atoms with Gasteiger partial charge in [0, 0.05) is 39.4 Å². The van der Waals surface area contributed by atoms with Crippen LogP contribution in [0.15, 0.2) is 60.7 Å². The molecule has 0 aliphatic carbocycles. The van der Waals surface area contributed by atoms with Gasteiger partial charge in [-0.1, -0.05) is 60.7 Å². The van der Waals surface area contributed by atoms with Gasteiger partial charge >= 0.3 is 11.9 Å². The summed E-state index contributed by atoms with van der Waals surface area (Å²) in [6.07, 6.45) is 0.0475. The number of benzene rings is 2. The molecule has 3 rings (SSSR count). The van der Waals surface area contributed by atoms with Gasteiger partial charge in [0.25, 0.3) is 0 Å². The second kappa shape index (κ2) is 9.90. The number of hydrogen-bond donors (Lipinski definition) is 0. The number of hydrogen-bond acceptors (Lipinski definition) is 5. The molecule has 0 unspecified atom stereocenters. The fraction of sp³-hybridized carbons (Fsp3) is 0.391. The van der Waals surface area contributed by atoms with Gasteiger partial charge in [0.1, 0.15) is 6.10 Å². The van der Waals surface area contributed by atoms with Gasteiger partial charge in [0.15, 0.2) is 5.60 Å². The lowest BCUT2D eigenvalue weighted by Gasteiger charge is -2.48. The van der Waals surface area contributed by atoms with E-state index in [2.05, 4.69) is 29.2 Å². The molecule has 0 bridgehead atoms. The number of carbonyl (C=O) groups is 2. The van der Waals surface area contributed by atoms with Crippen LogP contribution < -0.4 is 0 Å². The number of halogens is 1. The van der Waals surface area contributed by atoms with Gasteiger partial charge in [-0.2, -0.15) is 0 Å². The van der Waals surface area contributed by atoms with Crippen LogP contribution in [-0.4, -0.2) is 35.1 Å². The fourth-order valence-electron chi connectivity index (χ4n) is 4.02. The predicted octanol–water partition coefficient (Wildman–Crippen LogP) is 4.31. The summed E-state index contributed by atoms with van der Waals surface area (Å²) >= 11 is 0. The molecule has 1 heterocycles. The van der Waals surface area contributed by atoms with Gasteiger partial charge in [-0.3, -0.25) is 14.5 Å². The predicted molar refractivity (Wildman–Crippen MR) is 114 cm³/mol. The maximum absolute atomic E-state index is 11.8. The van der Waals surface area contributed by atoms with Gasteiger partial charge in [0.2, 0.25) is 0 Å². The second-order valence-electron chi connectivity index (χ2n) is 7.56. The van der Waals surface area contributed by atoms with Crippen molar-refractivity contribution >= 4 is 24.3 Å². The van der Waals surface area contributed by atoms with E-state index < -0.39 is 11.7 Å². The number of likely N-dealkylation sites (tertiary alicyclic amines) is 1. The van der Waals surface area contributed by atoms with Crippen LogP contribution in [0.1, 0.15) is 44.4 Å². The summed E-state index contributed by atoms with van der Waals surface area (Å²) in [6, 6.07) is 20.4. The van der Waals surface area contributed by atoms with E-state index in [0.717, 1.165) is 5.56 Å². The number of rotatable bonds is 5. The zero-order valence-electron chi connectivity index (χ0n) is 17.0. The molecule has 29 heavy (non-hydrogen) atoms. The molecule has 6 heteroatoms. The van der Waals surface area contributed by atoms with E-state index in [1.54, 1.807) is 0 Å². The number of esters is 2. The Bertz CT molecular complexity index is 814. The maximum Gasteiger partial charge on any atom is 0.303 e. The molecule has 1 aliphatic rings. The topological polar surface area (TPSA) is 55.8 Å². The highest BCUT2D eigenvalue weighted by molar-refractivity contribution is 5.85. The minimum atomic E-state index is -0.905. The van der Waals surface area contributed by atoms with Gasteiger partial charge in [0.05, 0.1) is 0 Å². The highest BCUT2D eigenvalue weighted by Crippen LogP contribution is 2.39. The average Bonchev–Trinajstić information content (AvgIpc) is 2.64. The van der Waals surface area contributed by atoms with Crippen molar-refractivity contribution < 1.29 is 19.1 Å². The Hall–Kier alpha value is -2.37. The van der Waals surface area contributed by atoms with Gasteiger partial charge in [-0.25, -0.2) is 0 Å². The van der Waals surface area contributed by atoms with Crippen LogP contribution in [-0.2, 0) is 25.6 Å². The standard InChI is InChI=1S/C23H27NO4.ClH/c1-17(25)27-22-14-21(20-12-8-5-9-13-20)24(15-19-10-6-4-7-11-19)16-23(22,3)28-18(2)26;/h4-13,21-22H,14-16H2,1-3H3;1H/t21-,22-,23-;/m1./s1. The fourth-order valence-corrected chi connectivity index (χ4v) is 4.02.